The third-order valence-corrected chi connectivity index (χ3v) is 4.79. The van der Waals surface area contributed by atoms with Gasteiger partial charge in [0.1, 0.15) is 0 Å². The Kier molecular flexibility index (Phi) is 7.64. The van der Waals surface area contributed by atoms with Gasteiger partial charge >= 0.3 is 0 Å². The number of rotatable bonds is 8. The number of ether oxygens (including phenoxy) is 3. The average Bonchev–Trinajstić information content (AvgIpc) is 2.84. The first-order valence-corrected chi connectivity index (χ1v) is 10.1. The molecule has 0 radical (unpaired) electrons. The van der Waals surface area contributed by atoms with E-state index in [1.165, 1.54) is 27.5 Å². The Hall–Kier alpha value is -4.33. The molecule has 3 rings (SSSR count). The number of anilines is 1. The molecule has 0 bridgehead atoms. The van der Waals surface area contributed by atoms with E-state index in [-0.39, 0.29) is 5.91 Å². The molecule has 0 fully saturated rings. The van der Waals surface area contributed by atoms with Gasteiger partial charge in [0.2, 0.25) is 5.75 Å². The molecule has 0 aromatic heterocycles. The second-order valence-corrected chi connectivity index (χ2v) is 7.06. The summed E-state index contributed by atoms with van der Waals surface area (Å²) in [6.45, 7) is 1.96. The average molecular weight is 447 g/mol. The van der Waals surface area contributed by atoms with E-state index in [1.807, 2.05) is 19.1 Å². The highest BCUT2D eigenvalue weighted by Crippen LogP contribution is 2.37. The molecule has 0 saturated heterocycles. The third-order valence-electron chi connectivity index (χ3n) is 4.79. The molecule has 8 nitrogen and oxygen atoms in total. The SMILES string of the molecule is COc1cc(/C=N\NC(=O)c2ccc(NC(=O)c3ccc(C)cc3)cc2)cc(OC)c1OC. The lowest BCUT2D eigenvalue weighted by molar-refractivity contribution is 0.0954. The van der Waals surface area contributed by atoms with Crippen molar-refractivity contribution in [2.75, 3.05) is 26.6 Å². The summed E-state index contributed by atoms with van der Waals surface area (Å²) in [4.78, 5) is 24.7. The lowest BCUT2D eigenvalue weighted by atomic mass is 10.1. The first-order valence-electron chi connectivity index (χ1n) is 10.1. The summed E-state index contributed by atoms with van der Waals surface area (Å²) in [7, 11) is 4.56. The van der Waals surface area contributed by atoms with Crippen LogP contribution in [0.25, 0.3) is 0 Å². The highest BCUT2D eigenvalue weighted by Gasteiger charge is 2.12. The zero-order valence-corrected chi connectivity index (χ0v) is 18.8. The van der Waals surface area contributed by atoms with Gasteiger partial charge in [0.25, 0.3) is 11.8 Å². The second kappa shape index (κ2) is 10.8. The van der Waals surface area contributed by atoms with E-state index < -0.39 is 5.91 Å². The minimum atomic E-state index is -0.393. The number of amides is 2. The van der Waals surface area contributed by atoms with Crippen LogP contribution >= 0.6 is 0 Å². The molecule has 2 amide bonds. The summed E-state index contributed by atoms with van der Waals surface area (Å²) >= 11 is 0. The summed E-state index contributed by atoms with van der Waals surface area (Å²) in [6, 6.07) is 17.2. The fourth-order valence-electron chi connectivity index (χ4n) is 3.02. The number of nitrogens with zero attached hydrogens (tertiary/aromatic N) is 1. The Labute approximate surface area is 192 Å². The summed E-state index contributed by atoms with van der Waals surface area (Å²) in [6.07, 6.45) is 1.47. The molecule has 0 aliphatic rings. The molecule has 0 saturated carbocycles. The van der Waals surface area contributed by atoms with Crippen LogP contribution in [0.5, 0.6) is 17.2 Å². The van der Waals surface area contributed by atoms with Gasteiger partial charge in [-0.2, -0.15) is 5.10 Å². The zero-order chi connectivity index (χ0) is 23.8. The molecule has 3 aromatic carbocycles. The van der Waals surface area contributed by atoms with Crippen LogP contribution in [0, 0.1) is 6.92 Å². The smallest absolute Gasteiger partial charge is 0.271 e. The third kappa shape index (κ3) is 5.88. The number of hydrogen-bond donors (Lipinski definition) is 2. The molecule has 0 aliphatic carbocycles. The number of hydrogen-bond acceptors (Lipinski definition) is 6. The van der Waals surface area contributed by atoms with Gasteiger partial charge in [0.05, 0.1) is 27.5 Å². The lowest BCUT2D eigenvalue weighted by Gasteiger charge is -2.12. The Bertz CT molecular complexity index is 1130. The molecule has 3 aromatic rings. The van der Waals surface area contributed by atoms with Gasteiger partial charge in [-0.25, -0.2) is 5.43 Å². The Morgan fingerprint density at radius 3 is 1.88 bits per heavy atom. The molecular formula is C25H25N3O5. The zero-order valence-electron chi connectivity index (χ0n) is 18.8. The summed E-state index contributed by atoms with van der Waals surface area (Å²) in [5.74, 6) is 0.814. The van der Waals surface area contributed by atoms with E-state index >= 15 is 0 Å². The first-order chi connectivity index (χ1) is 15.9. The van der Waals surface area contributed by atoms with Crippen molar-refractivity contribution in [3.63, 3.8) is 0 Å². The normalized spacial score (nSPS) is 10.5. The van der Waals surface area contributed by atoms with Crippen molar-refractivity contribution < 1.29 is 23.8 Å². The van der Waals surface area contributed by atoms with E-state index in [4.69, 9.17) is 14.2 Å². The van der Waals surface area contributed by atoms with Gasteiger partial charge in [0, 0.05) is 22.4 Å². The monoisotopic (exact) mass is 447 g/mol. The molecule has 0 spiro atoms. The Balaban J connectivity index is 1.62. The van der Waals surface area contributed by atoms with E-state index in [9.17, 15) is 9.59 Å². The predicted octanol–water partition coefficient (Wildman–Crippen LogP) is 4.04. The maximum absolute atomic E-state index is 12.4. The van der Waals surface area contributed by atoms with E-state index in [0.29, 0.717) is 39.6 Å². The van der Waals surface area contributed by atoms with Crippen molar-refractivity contribution >= 4 is 23.7 Å². The van der Waals surface area contributed by atoms with Crippen LogP contribution in [0.15, 0.2) is 65.8 Å². The molecule has 8 heteroatoms. The number of aryl methyl sites for hydroxylation is 1. The van der Waals surface area contributed by atoms with Crippen LogP contribution in [-0.2, 0) is 0 Å². The van der Waals surface area contributed by atoms with Crippen LogP contribution in [0.4, 0.5) is 5.69 Å². The maximum Gasteiger partial charge on any atom is 0.271 e. The number of methoxy groups -OCH3 is 3. The van der Waals surface area contributed by atoms with Crippen molar-refractivity contribution in [1.29, 1.82) is 0 Å². The van der Waals surface area contributed by atoms with Crippen molar-refractivity contribution in [2.24, 2.45) is 5.10 Å². The van der Waals surface area contributed by atoms with Crippen molar-refractivity contribution in [3.05, 3.63) is 82.9 Å². The number of nitrogens with one attached hydrogen (secondary N) is 2. The fourth-order valence-corrected chi connectivity index (χ4v) is 3.02. The van der Waals surface area contributed by atoms with Gasteiger partial charge in [-0.05, 0) is 55.5 Å². The van der Waals surface area contributed by atoms with Gasteiger partial charge in [-0.3, -0.25) is 9.59 Å². The molecule has 170 valence electrons. The van der Waals surface area contributed by atoms with Crippen LogP contribution in [-0.4, -0.2) is 39.4 Å². The minimum absolute atomic E-state index is 0.220. The van der Waals surface area contributed by atoms with E-state index in [1.54, 1.807) is 48.5 Å². The summed E-state index contributed by atoms with van der Waals surface area (Å²) in [5.41, 5.74) is 5.74. The Morgan fingerprint density at radius 2 is 1.33 bits per heavy atom. The fraction of sp³-hybridized carbons (Fsp3) is 0.160. The summed E-state index contributed by atoms with van der Waals surface area (Å²) < 4.78 is 15.9. The maximum atomic E-state index is 12.4. The minimum Gasteiger partial charge on any atom is -0.493 e. The number of benzene rings is 3. The first kappa shape index (κ1) is 23.3. The Morgan fingerprint density at radius 1 is 0.788 bits per heavy atom. The van der Waals surface area contributed by atoms with Crippen LogP contribution < -0.4 is 25.0 Å². The molecule has 0 unspecified atom stereocenters. The molecule has 2 N–H and O–H groups in total. The van der Waals surface area contributed by atoms with Crippen LogP contribution in [0.3, 0.4) is 0 Å². The van der Waals surface area contributed by atoms with Gasteiger partial charge in [0.15, 0.2) is 11.5 Å². The molecule has 33 heavy (non-hydrogen) atoms. The molecule has 0 heterocycles. The quantitative estimate of drug-likeness (QED) is 0.401. The van der Waals surface area contributed by atoms with Gasteiger partial charge in [-0.1, -0.05) is 17.7 Å². The van der Waals surface area contributed by atoms with Crippen LogP contribution in [0.1, 0.15) is 31.8 Å². The van der Waals surface area contributed by atoms with Gasteiger partial charge < -0.3 is 19.5 Å². The van der Waals surface area contributed by atoms with Crippen molar-refractivity contribution in [3.8, 4) is 17.2 Å². The highest BCUT2D eigenvalue weighted by molar-refractivity contribution is 6.04. The molecule has 0 aliphatic heterocycles. The summed E-state index contributed by atoms with van der Waals surface area (Å²) in [5, 5.41) is 6.80. The standard InChI is InChI=1S/C25H25N3O5/c1-16-5-7-18(8-6-16)24(29)27-20-11-9-19(10-12-20)25(30)28-26-15-17-13-21(31-2)23(33-4)22(14-17)32-3/h5-15H,1-4H3,(H,27,29)(H,28,30)/b26-15-. The highest BCUT2D eigenvalue weighted by atomic mass is 16.5. The van der Waals surface area contributed by atoms with Crippen LogP contribution in [0.2, 0.25) is 0 Å². The molecular weight excluding hydrogens is 422 g/mol. The van der Waals surface area contributed by atoms with E-state index in [0.717, 1.165) is 5.56 Å². The van der Waals surface area contributed by atoms with E-state index in [2.05, 4.69) is 15.8 Å². The molecule has 0 atom stereocenters. The van der Waals surface area contributed by atoms with Gasteiger partial charge in [-0.15, -0.1) is 0 Å². The number of carbonyl (C=O) groups is 2. The largest absolute Gasteiger partial charge is 0.493 e. The lowest BCUT2D eigenvalue weighted by Crippen LogP contribution is -2.18. The topological polar surface area (TPSA) is 98.2 Å². The second-order valence-electron chi connectivity index (χ2n) is 7.06. The van der Waals surface area contributed by atoms with Crippen molar-refractivity contribution in [2.45, 2.75) is 6.92 Å². The predicted molar refractivity (Wildman–Crippen MR) is 127 cm³/mol. The van der Waals surface area contributed by atoms with Crippen molar-refractivity contribution in [1.82, 2.24) is 5.43 Å². The number of carbonyl (C=O) groups excluding carboxylic acids is 2. The number of hydrazone groups is 1.